The van der Waals surface area contributed by atoms with Crippen LogP contribution < -0.4 is 10.2 Å². The van der Waals surface area contributed by atoms with Gasteiger partial charge in [-0.25, -0.2) is 4.21 Å². The molecule has 4 aromatic rings. The Morgan fingerprint density at radius 2 is 1.63 bits per heavy atom. The van der Waals surface area contributed by atoms with Gasteiger partial charge in [0.05, 0.1) is 38.4 Å². The minimum atomic E-state index is -1.59. The largest absolute Gasteiger partial charge is 0.350 e. The molecule has 0 radical (unpaired) electrons. The SMILES string of the molecule is CC(CCc1ccccc1)NC(=O)c1ccc2c(c1)N(Cc1cccc(Cl)c1)C(=O)c1ccccc1S2=O. The van der Waals surface area contributed by atoms with Crippen LogP contribution in [0.4, 0.5) is 5.69 Å². The van der Waals surface area contributed by atoms with Crippen molar-refractivity contribution in [3.8, 4) is 0 Å². The van der Waals surface area contributed by atoms with E-state index in [-0.39, 0.29) is 24.4 Å². The number of carbonyl (C=O) groups is 2. The second-order valence-electron chi connectivity index (χ2n) is 9.37. The molecule has 4 aromatic carbocycles. The third kappa shape index (κ3) is 5.57. The van der Waals surface area contributed by atoms with Crippen molar-refractivity contribution in [1.82, 2.24) is 5.32 Å². The maximum atomic E-state index is 13.8. The van der Waals surface area contributed by atoms with Crippen LogP contribution in [0.15, 0.2) is 107 Å². The summed E-state index contributed by atoms with van der Waals surface area (Å²) in [4.78, 5) is 29.5. The molecule has 0 spiro atoms. The summed E-state index contributed by atoms with van der Waals surface area (Å²) in [6, 6.07) is 29.3. The van der Waals surface area contributed by atoms with E-state index in [0.29, 0.717) is 31.6 Å². The van der Waals surface area contributed by atoms with E-state index in [9.17, 15) is 13.8 Å². The Kier molecular flexibility index (Phi) is 7.72. The average molecular weight is 543 g/mol. The molecule has 1 N–H and O–H groups in total. The predicted octanol–water partition coefficient (Wildman–Crippen LogP) is 6.42. The Balaban J connectivity index is 1.45. The number of fused-ring (bicyclic) bond motifs is 2. The Hall–Kier alpha value is -3.74. The van der Waals surface area contributed by atoms with Crippen molar-refractivity contribution in [1.29, 1.82) is 0 Å². The lowest BCUT2D eigenvalue weighted by molar-refractivity contribution is 0.0935. The molecule has 5 rings (SSSR count). The number of hydrogen-bond donors (Lipinski definition) is 1. The zero-order chi connectivity index (χ0) is 26.6. The lowest BCUT2D eigenvalue weighted by Gasteiger charge is -2.24. The number of hydrogen-bond acceptors (Lipinski definition) is 3. The molecule has 0 aliphatic carbocycles. The van der Waals surface area contributed by atoms with Crippen molar-refractivity contribution in [2.45, 2.75) is 42.1 Å². The molecule has 1 aliphatic heterocycles. The first-order valence-electron chi connectivity index (χ1n) is 12.5. The second kappa shape index (κ2) is 11.3. The summed E-state index contributed by atoms with van der Waals surface area (Å²) in [5, 5.41) is 3.63. The number of amides is 2. The monoisotopic (exact) mass is 542 g/mol. The van der Waals surface area contributed by atoms with Gasteiger partial charge in [-0.3, -0.25) is 9.59 Å². The van der Waals surface area contributed by atoms with Crippen molar-refractivity contribution < 1.29 is 13.8 Å². The van der Waals surface area contributed by atoms with Crippen molar-refractivity contribution in [2.24, 2.45) is 0 Å². The lowest BCUT2D eigenvalue weighted by Crippen LogP contribution is -2.33. The molecule has 0 bridgehead atoms. The normalized spacial score (nSPS) is 15.3. The fraction of sp³-hybridized carbons (Fsp3) is 0.161. The molecule has 2 amide bonds. The van der Waals surface area contributed by atoms with Crippen LogP contribution in [0.5, 0.6) is 0 Å². The van der Waals surface area contributed by atoms with E-state index in [0.717, 1.165) is 18.4 Å². The first-order valence-corrected chi connectivity index (χ1v) is 14.0. The Morgan fingerprint density at radius 1 is 0.895 bits per heavy atom. The maximum Gasteiger partial charge on any atom is 0.259 e. The molecular weight excluding hydrogens is 516 g/mol. The molecule has 0 fully saturated rings. The number of aryl methyl sites for hydroxylation is 1. The number of nitrogens with zero attached hydrogens (tertiary/aromatic N) is 1. The first kappa shape index (κ1) is 25.9. The van der Waals surface area contributed by atoms with Gasteiger partial charge in [-0.2, -0.15) is 0 Å². The molecule has 0 saturated carbocycles. The van der Waals surface area contributed by atoms with Gasteiger partial charge in [-0.15, -0.1) is 0 Å². The van der Waals surface area contributed by atoms with Gasteiger partial charge in [-0.05, 0) is 73.4 Å². The summed E-state index contributed by atoms with van der Waals surface area (Å²) in [6.07, 6.45) is 1.64. The topological polar surface area (TPSA) is 66.5 Å². The number of halogens is 1. The zero-order valence-corrected chi connectivity index (χ0v) is 22.5. The van der Waals surface area contributed by atoms with Crippen LogP contribution in [0.25, 0.3) is 0 Å². The number of nitrogens with one attached hydrogen (secondary N) is 1. The number of benzene rings is 4. The van der Waals surface area contributed by atoms with Crippen LogP contribution >= 0.6 is 11.6 Å². The first-order chi connectivity index (χ1) is 18.4. The van der Waals surface area contributed by atoms with Gasteiger partial charge in [0.15, 0.2) is 0 Å². The number of rotatable bonds is 7. The van der Waals surface area contributed by atoms with Crippen molar-refractivity contribution >= 4 is 39.9 Å². The van der Waals surface area contributed by atoms with Crippen molar-refractivity contribution in [3.63, 3.8) is 0 Å². The van der Waals surface area contributed by atoms with Gasteiger partial charge in [0.2, 0.25) is 0 Å². The molecule has 0 saturated heterocycles. The van der Waals surface area contributed by atoms with E-state index < -0.39 is 10.8 Å². The highest BCUT2D eigenvalue weighted by Crippen LogP contribution is 2.36. The summed E-state index contributed by atoms with van der Waals surface area (Å²) in [5.74, 6) is -0.516. The fourth-order valence-corrected chi connectivity index (χ4v) is 6.14. The van der Waals surface area contributed by atoms with E-state index in [4.69, 9.17) is 11.6 Å². The van der Waals surface area contributed by atoms with Crippen LogP contribution in [0.3, 0.4) is 0 Å². The van der Waals surface area contributed by atoms with E-state index in [1.54, 1.807) is 59.5 Å². The summed E-state index contributed by atoms with van der Waals surface area (Å²) >= 11 is 6.21. The molecule has 2 unspecified atom stereocenters. The number of anilines is 1. The summed E-state index contributed by atoms with van der Waals surface area (Å²) in [7, 11) is -1.59. The average Bonchev–Trinajstić information content (AvgIpc) is 3.02. The third-order valence-corrected chi connectivity index (χ3v) is 8.33. The van der Waals surface area contributed by atoms with Crippen molar-refractivity contribution in [3.05, 3.63) is 124 Å². The molecule has 7 heteroatoms. The highest BCUT2D eigenvalue weighted by molar-refractivity contribution is 7.85. The van der Waals surface area contributed by atoms with Gasteiger partial charge in [0, 0.05) is 16.6 Å². The zero-order valence-electron chi connectivity index (χ0n) is 20.9. The molecule has 1 aliphatic rings. The Bertz CT molecular complexity index is 1520. The highest BCUT2D eigenvalue weighted by Gasteiger charge is 2.31. The van der Waals surface area contributed by atoms with Crippen LogP contribution in [-0.4, -0.2) is 22.1 Å². The molecule has 5 nitrogen and oxygen atoms in total. The van der Waals surface area contributed by atoms with E-state index in [2.05, 4.69) is 17.4 Å². The molecule has 1 heterocycles. The van der Waals surface area contributed by atoms with E-state index in [1.807, 2.05) is 37.3 Å². The molecule has 192 valence electrons. The summed E-state index contributed by atoms with van der Waals surface area (Å²) < 4.78 is 13.6. The Morgan fingerprint density at radius 3 is 2.42 bits per heavy atom. The quantitative estimate of drug-likeness (QED) is 0.293. The second-order valence-corrected chi connectivity index (χ2v) is 11.2. The summed E-state index contributed by atoms with van der Waals surface area (Å²) in [5.41, 5.74) is 3.28. The molecule has 0 aromatic heterocycles. The van der Waals surface area contributed by atoms with Gasteiger partial charge >= 0.3 is 0 Å². The van der Waals surface area contributed by atoms with Gasteiger partial charge in [-0.1, -0.05) is 66.2 Å². The van der Waals surface area contributed by atoms with E-state index >= 15 is 0 Å². The minimum absolute atomic E-state index is 0.0518. The van der Waals surface area contributed by atoms with Crippen molar-refractivity contribution in [2.75, 3.05) is 4.90 Å². The van der Waals surface area contributed by atoms with Gasteiger partial charge in [0.1, 0.15) is 0 Å². The van der Waals surface area contributed by atoms with Gasteiger partial charge < -0.3 is 10.2 Å². The number of carbonyl (C=O) groups excluding carboxylic acids is 2. The molecule has 2 atom stereocenters. The minimum Gasteiger partial charge on any atom is -0.350 e. The lowest BCUT2D eigenvalue weighted by atomic mass is 10.1. The fourth-order valence-electron chi connectivity index (χ4n) is 4.59. The maximum absolute atomic E-state index is 13.8. The van der Waals surface area contributed by atoms with E-state index in [1.165, 1.54) is 5.56 Å². The van der Waals surface area contributed by atoms with Crippen LogP contribution in [-0.2, 0) is 23.8 Å². The highest BCUT2D eigenvalue weighted by atomic mass is 35.5. The summed E-state index contributed by atoms with van der Waals surface area (Å²) in [6.45, 7) is 2.20. The molecule has 38 heavy (non-hydrogen) atoms. The van der Waals surface area contributed by atoms with Gasteiger partial charge in [0.25, 0.3) is 11.8 Å². The predicted molar refractivity (Wildman–Crippen MR) is 151 cm³/mol. The third-order valence-electron chi connectivity index (χ3n) is 6.59. The standard InChI is InChI=1S/C31H27ClN2O3S/c1-21(14-15-22-8-3-2-4-9-22)33-30(35)24-16-17-29-27(19-24)34(20-23-10-7-11-25(32)18-23)31(36)26-12-5-6-13-28(26)38(29)37/h2-13,16-19,21H,14-15,20H2,1H3,(H,33,35). The van der Waals surface area contributed by atoms with Crippen LogP contribution in [0.2, 0.25) is 5.02 Å². The van der Waals surface area contributed by atoms with Crippen LogP contribution in [0, 0.1) is 0 Å². The smallest absolute Gasteiger partial charge is 0.259 e. The molecular formula is C31H27ClN2O3S. The Labute approximate surface area is 229 Å². The van der Waals surface area contributed by atoms with Crippen LogP contribution in [0.1, 0.15) is 45.2 Å².